The van der Waals surface area contributed by atoms with Gasteiger partial charge in [0.1, 0.15) is 0 Å². The largest absolute Gasteiger partial charge is 0.468 e. The highest BCUT2D eigenvalue weighted by Crippen LogP contribution is 2.70. The lowest BCUT2D eigenvalue weighted by Crippen LogP contribution is -2.67. The van der Waals surface area contributed by atoms with Crippen molar-refractivity contribution in [1.29, 1.82) is 0 Å². The SMILES string of the molecule is COC(=O)C1(C(=O)OC)CSC(c2ccccc2)(c2ccccc2)C1(C(=O)OC)C(=O)OC. The first kappa shape index (κ1) is 24.3. The number of rotatable bonds is 6. The van der Waals surface area contributed by atoms with Crippen LogP contribution < -0.4 is 0 Å². The Morgan fingerprint density at radius 1 is 0.636 bits per heavy atom. The summed E-state index contributed by atoms with van der Waals surface area (Å²) in [6.45, 7) is 0. The van der Waals surface area contributed by atoms with E-state index in [0.29, 0.717) is 11.1 Å². The minimum Gasteiger partial charge on any atom is -0.468 e. The smallest absolute Gasteiger partial charge is 0.327 e. The van der Waals surface area contributed by atoms with Crippen molar-refractivity contribution in [2.24, 2.45) is 10.8 Å². The second-order valence-electron chi connectivity index (χ2n) is 7.32. The summed E-state index contributed by atoms with van der Waals surface area (Å²) >= 11 is 1.08. The van der Waals surface area contributed by atoms with Crippen LogP contribution in [0.2, 0.25) is 0 Å². The van der Waals surface area contributed by atoms with Gasteiger partial charge in [-0.1, -0.05) is 60.7 Å². The van der Waals surface area contributed by atoms with Crippen molar-refractivity contribution in [2.45, 2.75) is 4.75 Å². The number of benzene rings is 2. The number of esters is 4. The Kier molecular flexibility index (Phi) is 6.83. The van der Waals surface area contributed by atoms with E-state index in [1.54, 1.807) is 60.7 Å². The van der Waals surface area contributed by atoms with Crippen LogP contribution in [0.5, 0.6) is 0 Å². The van der Waals surface area contributed by atoms with E-state index in [9.17, 15) is 19.2 Å². The van der Waals surface area contributed by atoms with E-state index in [1.165, 1.54) is 0 Å². The van der Waals surface area contributed by atoms with Crippen LogP contribution >= 0.6 is 11.8 Å². The number of ether oxygens (including phenoxy) is 4. The van der Waals surface area contributed by atoms with Gasteiger partial charge in [0.25, 0.3) is 0 Å². The van der Waals surface area contributed by atoms with E-state index in [1.807, 2.05) is 0 Å². The summed E-state index contributed by atoms with van der Waals surface area (Å²) in [5.41, 5.74) is -3.93. The molecule has 33 heavy (non-hydrogen) atoms. The molecule has 0 atom stereocenters. The highest BCUT2D eigenvalue weighted by molar-refractivity contribution is 8.01. The van der Waals surface area contributed by atoms with Gasteiger partial charge in [-0.25, -0.2) is 0 Å². The molecule has 1 heterocycles. The zero-order valence-corrected chi connectivity index (χ0v) is 19.5. The fraction of sp³-hybridized carbons (Fsp3) is 0.333. The molecule has 2 aromatic rings. The Hall–Kier alpha value is -3.33. The van der Waals surface area contributed by atoms with E-state index in [4.69, 9.17) is 18.9 Å². The number of carbonyl (C=O) groups is 4. The summed E-state index contributed by atoms with van der Waals surface area (Å²) < 4.78 is 18.7. The van der Waals surface area contributed by atoms with E-state index < -0.39 is 39.5 Å². The minimum atomic E-state index is -2.52. The lowest BCUT2D eigenvalue weighted by molar-refractivity contribution is -0.199. The van der Waals surface area contributed by atoms with E-state index in [0.717, 1.165) is 40.2 Å². The van der Waals surface area contributed by atoms with Crippen molar-refractivity contribution in [2.75, 3.05) is 34.2 Å². The van der Waals surface area contributed by atoms with Crippen molar-refractivity contribution in [1.82, 2.24) is 0 Å². The molecule has 1 saturated heterocycles. The van der Waals surface area contributed by atoms with Crippen LogP contribution in [-0.2, 0) is 42.9 Å². The van der Waals surface area contributed by atoms with Gasteiger partial charge in [-0.05, 0) is 11.1 Å². The minimum absolute atomic E-state index is 0.305. The first-order chi connectivity index (χ1) is 15.8. The molecule has 0 bridgehead atoms. The third-order valence-electron chi connectivity index (χ3n) is 6.08. The van der Waals surface area contributed by atoms with Crippen LogP contribution in [0, 0.1) is 10.8 Å². The predicted octanol–water partition coefficient (Wildman–Crippen LogP) is 2.34. The maximum Gasteiger partial charge on any atom is 0.327 e. The van der Waals surface area contributed by atoms with Crippen molar-refractivity contribution in [3.63, 3.8) is 0 Å². The van der Waals surface area contributed by atoms with Crippen molar-refractivity contribution < 1.29 is 38.1 Å². The van der Waals surface area contributed by atoms with Crippen LogP contribution in [0.3, 0.4) is 0 Å². The molecule has 1 aliphatic rings. The van der Waals surface area contributed by atoms with Gasteiger partial charge in [-0.3, -0.25) is 19.2 Å². The Labute approximate surface area is 195 Å². The number of carbonyl (C=O) groups excluding carboxylic acids is 4. The fourth-order valence-corrected chi connectivity index (χ4v) is 6.77. The van der Waals surface area contributed by atoms with Gasteiger partial charge < -0.3 is 18.9 Å². The molecular formula is C24H24O8S. The zero-order valence-electron chi connectivity index (χ0n) is 18.7. The molecular weight excluding hydrogens is 448 g/mol. The first-order valence-electron chi connectivity index (χ1n) is 9.93. The number of methoxy groups -OCH3 is 4. The van der Waals surface area contributed by atoms with Crippen molar-refractivity contribution in [3.8, 4) is 0 Å². The average Bonchev–Trinajstić information content (AvgIpc) is 3.22. The van der Waals surface area contributed by atoms with E-state index >= 15 is 0 Å². The van der Waals surface area contributed by atoms with Crippen LogP contribution in [0.4, 0.5) is 0 Å². The molecule has 0 N–H and O–H groups in total. The van der Waals surface area contributed by atoms with Crippen LogP contribution in [0.25, 0.3) is 0 Å². The Bertz CT molecular complexity index is 979. The maximum absolute atomic E-state index is 13.8. The lowest BCUT2D eigenvalue weighted by Gasteiger charge is -2.46. The normalized spacial score (nSPS) is 17.5. The van der Waals surface area contributed by atoms with Gasteiger partial charge in [-0.2, -0.15) is 0 Å². The quantitative estimate of drug-likeness (QED) is 0.356. The summed E-state index contributed by atoms with van der Waals surface area (Å²) in [6, 6.07) is 17.3. The molecule has 9 heteroatoms. The van der Waals surface area contributed by atoms with Crippen LogP contribution in [0.1, 0.15) is 11.1 Å². The standard InChI is InChI=1S/C24H24O8S/c1-29-18(25)22(19(26)30-2)15-33-24(16-11-7-5-8-12-16,17-13-9-6-10-14-17)23(22,20(27)31-3)21(28)32-4/h5-14H,15H2,1-4H3. The fourth-order valence-electron chi connectivity index (χ4n) is 4.73. The highest BCUT2D eigenvalue weighted by atomic mass is 32.2. The third kappa shape index (κ3) is 3.06. The first-order valence-corrected chi connectivity index (χ1v) is 10.9. The molecule has 0 aromatic heterocycles. The number of thioether (sulfide) groups is 1. The second kappa shape index (κ2) is 9.27. The van der Waals surface area contributed by atoms with Crippen molar-refractivity contribution in [3.05, 3.63) is 71.8 Å². The van der Waals surface area contributed by atoms with Gasteiger partial charge >= 0.3 is 23.9 Å². The van der Waals surface area contributed by atoms with Gasteiger partial charge in [0.2, 0.25) is 10.8 Å². The molecule has 0 unspecified atom stereocenters. The van der Waals surface area contributed by atoms with E-state index in [2.05, 4.69) is 0 Å². The average molecular weight is 473 g/mol. The maximum atomic E-state index is 13.8. The summed E-state index contributed by atoms with van der Waals surface area (Å²) in [6.07, 6.45) is 0. The Balaban J connectivity index is 2.63. The van der Waals surface area contributed by atoms with Gasteiger partial charge in [-0.15, -0.1) is 11.8 Å². The predicted molar refractivity (Wildman–Crippen MR) is 119 cm³/mol. The highest BCUT2D eigenvalue weighted by Gasteiger charge is 2.85. The van der Waals surface area contributed by atoms with Crippen LogP contribution in [-0.4, -0.2) is 58.1 Å². The molecule has 174 valence electrons. The van der Waals surface area contributed by atoms with Crippen LogP contribution in [0.15, 0.2) is 60.7 Å². The summed E-state index contributed by atoms with van der Waals surface area (Å²) in [7, 11) is 4.30. The molecule has 1 aliphatic heterocycles. The second-order valence-corrected chi connectivity index (χ2v) is 8.51. The molecule has 1 fully saturated rings. The molecule has 0 amide bonds. The van der Waals surface area contributed by atoms with E-state index in [-0.39, 0.29) is 5.75 Å². The third-order valence-corrected chi connectivity index (χ3v) is 7.87. The molecule has 8 nitrogen and oxygen atoms in total. The monoisotopic (exact) mass is 472 g/mol. The molecule has 2 aromatic carbocycles. The lowest BCUT2D eigenvalue weighted by atomic mass is 9.54. The zero-order chi connectivity index (χ0) is 24.3. The molecule has 3 rings (SSSR count). The summed E-state index contributed by atoms with van der Waals surface area (Å²) in [5.74, 6) is -4.76. The molecule has 0 spiro atoms. The summed E-state index contributed by atoms with van der Waals surface area (Å²) in [4.78, 5) is 54.4. The summed E-state index contributed by atoms with van der Waals surface area (Å²) in [5, 5.41) is 0. The Morgan fingerprint density at radius 2 is 1.00 bits per heavy atom. The number of hydrogen-bond donors (Lipinski definition) is 0. The Morgan fingerprint density at radius 3 is 1.33 bits per heavy atom. The number of hydrogen-bond acceptors (Lipinski definition) is 9. The van der Waals surface area contributed by atoms with Gasteiger partial charge in [0.15, 0.2) is 0 Å². The topological polar surface area (TPSA) is 105 Å². The van der Waals surface area contributed by atoms with Gasteiger partial charge in [0.05, 0.1) is 33.2 Å². The molecule has 0 radical (unpaired) electrons. The van der Waals surface area contributed by atoms with Crippen molar-refractivity contribution >= 4 is 35.6 Å². The molecule has 0 saturated carbocycles. The molecule has 0 aliphatic carbocycles. The van der Waals surface area contributed by atoms with Gasteiger partial charge in [0, 0.05) is 5.75 Å².